The van der Waals surface area contributed by atoms with Crippen molar-refractivity contribution >= 4 is 5.69 Å². The SMILES string of the molecule is Nc1c([C@@H](O)CO)cc[nH]c1=O. The molecule has 12 heavy (non-hydrogen) atoms. The minimum Gasteiger partial charge on any atom is -0.394 e. The Morgan fingerprint density at radius 1 is 1.67 bits per heavy atom. The Labute approximate surface area is 68.5 Å². The molecule has 0 aliphatic rings. The van der Waals surface area contributed by atoms with E-state index in [-0.39, 0.29) is 11.3 Å². The van der Waals surface area contributed by atoms with Gasteiger partial charge in [-0.3, -0.25) is 4.79 Å². The maximum atomic E-state index is 10.9. The Morgan fingerprint density at radius 2 is 2.33 bits per heavy atom. The van der Waals surface area contributed by atoms with Gasteiger partial charge in [-0.25, -0.2) is 0 Å². The molecule has 66 valence electrons. The molecule has 0 saturated heterocycles. The van der Waals surface area contributed by atoms with Crippen LogP contribution in [0.25, 0.3) is 0 Å². The van der Waals surface area contributed by atoms with Crippen LogP contribution in [0.4, 0.5) is 5.69 Å². The van der Waals surface area contributed by atoms with Gasteiger partial charge in [0.25, 0.3) is 5.56 Å². The number of aromatic nitrogens is 1. The first-order valence-corrected chi connectivity index (χ1v) is 3.42. The van der Waals surface area contributed by atoms with Crippen molar-refractivity contribution in [1.29, 1.82) is 0 Å². The number of H-pyrrole nitrogens is 1. The molecule has 1 heterocycles. The predicted octanol–water partition coefficient (Wildman–Crippen LogP) is -1.02. The van der Waals surface area contributed by atoms with E-state index >= 15 is 0 Å². The van der Waals surface area contributed by atoms with Crippen molar-refractivity contribution in [1.82, 2.24) is 4.98 Å². The highest BCUT2D eigenvalue weighted by atomic mass is 16.3. The van der Waals surface area contributed by atoms with Gasteiger partial charge < -0.3 is 20.9 Å². The third-order valence-corrected chi connectivity index (χ3v) is 1.56. The van der Waals surface area contributed by atoms with Gasteiger partial charge in [0, 0.05) is 11.8 Å². The number of anilines is 1. The fourth-order valence-corrected chi connectivity index (χ4v) is 0.895. The van der Waals surface area contributed by atoms with Crippen molar-refractivity contribution < 1.29 is 10.2 Å². The topological polar surface area (TPSA) is 99.3 Å². The van der Waals surface area contributed by atoms with Gasteiger partial charge in [-0.05, 0) is 6.07 Å². The van der Waals surface area contributed by atoms with Gasteiger partial charge in [0.2, 0.25) is 0 Å². The number of pyridine rings is 1. The molecule has 0 bridgehead atoms. The van der Waals surface area contributed by atoms with Crippen LogP contribution in [0, 0.1) is 0 Å². The summed E-state index contributed by atoms with van der Waals surface area (Å²) in [7, 11) is 0. The average molecular weight is 170 g/mol. The largest absolute Gasteiger partial charge is 0.394 e. The minimum absolute atomic E-state index is 0.0564. The Bertz CT molecular complexity index is 321. The summed E-state index contributed by atoms with van der Waals surface area (Å²) in [6.07, 6.45) is 0.277. The van der Waals surface area contributed by atoms with E-state index in [1.807, 2.05) is 0 Å². The molecular weight excluding hydrogens is 160 g/mol. The quantitative estimate of drug-likeness (QED) is 0.456. The van der Waals surface area contributed by atoms with Crippen LogP contribution in [0.1, 0.15) is 11.7 Å². The van der Waals surface area contributed by atoms with Crippen molar-refractivity contribution in [2.45, 2.75) is 6.10 Å². The molecule has 0 unspecified atom stereocenters. The van der Waals surface area contributed by atoms with E-state index in [0.717, 1.165) is 0 Å². The summed E-state index contributed by atoms with van der Waals surface area (Å²) >= 11 is 0. The molecule has 0 radical (unpaired) electrons. The van der Waals surface area contributed by atoms with Gasteiger partial charge in [0.1, 0.15) is 11.8 Å². The number of rotatable bonds is 2. The van der Waals surface area contributed by atoms with Crippen LogP contribution in [-0.4, -0.2) is 21.8 Å². The Kier molecular flexibility index (Phi) is 2.47. The Balaban J connectivity index is 3.16. The van der Waals surface area contributed by atoms with Gasteiger partial charge >= 0.3 is 0 Å². The van der Waals surface area contributed by atoms with E-state index in [9.17, 15) is 4.79 Å². The Morgan fingerprint density at radius 3 is 2.92 bits per heavy atom. The maximum Gasteiger partial charge on any atom is 0.271 e. The third kappa shape index (κ3) is 1.46. The number of aliphatic hydroxyl groups excluding tert-OH is 2. The molecule has 0 spiro atoms. The highest BCUT2D eigenvalue weighted by Gasteiger charge is 2.10. The van der Waals surface area contributed by atoms with Crippen LogP contribution >= 0.6 is 0 Å². The van der Waals surface area contributed by atoms with Crippen LogP contribution in [0.5, 0.6) is 0 Å². The smallest absolute Gasteiger partial charge is 0.271 e. The minimum atomic E-state index is -1.09. The van der Waals surface area contributed by atoms with Gasteiger partial charge in [0.05, 0.1) is 6.61 Å². The number of nitrogens with one attached hydrogen (secondary N) is 1. The molecule has 1 aromatic rings. The van der Waals surface area contributed by atoms with Crippen LogP contribution in [0.15, 0.2) is 17.1 Å². The van der Waals surface area contributed by atoms with Crippen LogP contribution in [0.2, 0.25) is 0 Å². The van der Waals surface area contributed by atoms with Crippen LogP contribution in [0.3, 0.4) is 0 Å². The number of nitrogen functional groups attached to an aromatic ring is 1. The second-order valence-electron chi connectivity index (χ2n) is 2.37. The summed E-state index contributed by atoms with van der Waals surface area (Å²) in [6, 6.07) is 1.46. The first-order valence-electron chi connectivity index (χ1n) is 3.42. The molecule has 1 rings (SSSR count). The van der Waals surface area contributed by atoms with E-state index < -0.39 is 18.3 Å². The van der Waals surface area contributed by atoms with Gasteiger partial charge in [-0.2, -0.15) is 0 Å². The fourth-order valence-electron chi connectivity index (χ4n) is 0.895. The molecule has 0 saturated carbocycles. The van der Waals surface area contributed by atoms with E-state index in [4.69, 9.17) is 15.9 Å². The van der Waals surface area contributed by atoms with Gasteiger partial charge in [-0.15, -0.1) is 0 Å². The molecule has 0 aliphatic carbocycles. The Hall–Kier alpha value is -1.33. The zero-order valence-electron chi connectivity index (χ0n) is 6.32. The normalized spacial score (nSPS) is 12.8. The maximum absolute atomic E-state index is 10.9. The fraction of sp³-hybridized carbons (Fsp3) is 0.286. The zero-order valence-corrected chi connectivity index (χ0v) is 6.32. The first kappa shape index (κ1) is 8.76. The average Bonchev–Trinajstić information content (AvgIpc) is 2.08. The van der Waals surface area contributed by atoms with Crippen molar-refractivity contribution in [2.24, 2.45) is 0 Å². The summed E-state index contributed by atoms with van der Waals surface area (Å²) in [5, 5.41) is 17.7. The van der Waals surface area contributed by atoms with Gasteiger partial charge in [-0.1, -0.05) is 0 Å². The molecule has 0 aliphatic heterocycles. The summed E-state index contributed by atoms with van der Waals surface area (Å²) in [6.45, 7) is -0.451. The lowest BCUT2D eigenvalue weighted by molar-refractivity contribution is 0.0960. The summed E-state index contributed by atoms with van der Waals surface area (Å²) in [5.41, 5.74) is 5.08. The lowest BCUT2D eigenvalue weighted by Crippen LogP contribution is -2.16. The second kappa shape index (κ2) is 3.38. The summed E-state index contributed by atoms with van der Waals surface area (Å²) in [4.78, 5) is 13.2. The zero-order chi connectivity index (χ0) is 9.14. The third-order valence-electron chi connectivity index (χ3n) is 1.56. The summed E-state index contributed by atoms with van der Waals surface area (Å²) in [5.74, 6) is 0. The molecule has 0 aromatic carbocycles. The standard InChI is InChI=1S/C7H10N2O3/c8-6-4(5(11)3-10)1-2-9-7(6)12/h1-2,5,10-11H,3,8H2,(H,9,12)/t5-/m0/s1. The molecule has 5 nitrogen and oxygen atoms in total. The number of nitrogens with two attached hydrogens (primary N) is 1. The molecular formula is C7H10N2O3. The predicted molar refractivity (Wildman–Crippen MR) is 43.5 cm³/mol. The van der Waals surface area contributed by atoms with Gasteiger partial charge in [0.15, 0.2) is 0 Å². The summed E-state index contributed by atoms with van der Waals surface area (Å²) < 4.78 is 0. The highest BCUT2D eigenvalue weighted by Crippen LogP contribution is 2.14. The lowest BCUT2D eigenvalue weighted by Gasteiger charge is -2.08. The number of aliphatic hydroxyl groups is 2. The van der Waals surface area contributed by atoms with Crippen molar-refractivity contribution in [3.05, 3.63) is 28.2 Å². The van der Waals surface area contributed by atoms with E-state index in [1.165, 1.54) is 12.3 Å². The number of aromatic amines is 1. The molecule has 0 amide bonds. The van der Waals surface area contributed by atoms with Crippen LogP contribution < -0.4 is 11.3 Å². The van der Waals surface area contributed by atoms with Crippen molar-refractivity contribution in [3.63, 3.8) is 0 Å². The number of hydrogen-bond donors (Lipinski definition) is 4. The van der Waals surface area contributed by atoms with Crippen molar-refractivity contribution in [2.75, 3.05) is 12.3 Å². The van der Waals surface area contributed by atoms with Crippen molar-refractivity contribution in [3.8, 4) is 0 Å². The first-order chi connectivity index (χ1) is 5.66. The molecule has 5 N–H and O–H groups in total. The van der Waals surface area contributed by atoms with E-state index in [0.29, 0.717) is 0 Å². The van der Waals surface area contributed by atoms with E-state index in [2.05, 4.69) is 4.98 Å². The number of hydrogen-bond acceptors (Lipinski definition) is 4. The second-order valence-corrected chi connectivity index (χ2v) is 2.37. The molecule has 1 atom stereocenters. The molecule has 0 fully saturated rings. The van der Waals surface area contributed by atoms with Crippen LogP contribution in [-0.2, 0) is 0 Å². The van der Waals surface area contributed by atoms with E-state index in [1.54, 1.807) is 0 Å². The highest BCUT2D eigenvalue weighted by molar-refractivity contribution is 5.45. The lowest BCUT2D eigenvalue weighted by atomic mass is 10.1. The molecule has 1 aromatic heterocycles. The molecule has 5 heteroatoms. The monoisotopic (exact) mass is 170 g/mol.